The molecule has 5 N–H and O–H groups in total. The van der Waals surface area contributed by atoms with Crippen LogP contribution in [0.15, 0.2) is 0 Å². The van der Waals surface area contributed by atoms with Crippen LogP contribution in [0.2, 0.25) is 0 Å². The molecule has 5 nitrogen and oxygen atoms in total. The van der Waals surface area contributed by atoms with E-state index in [0.717, 1.165) is 0 Å². The maximum absolute atomic E-state index is 9.18. The first-order chi connectivity index (χ1) is 5.16. The van der Waals surface area contributed by atoms with Gasteiger partial charge >= 0.3 is 0 Å². The molecule has 1 rings (SSSR count). The molecule has 1 saturated heterocycles. The Bertz CT molecular complexity index is 135. The average molecular weight is 200 g/mol. The molecule has 4 atom stereocenters. The molecule has 0 unspecified atom stereocenters. The van der Waals surface area contributed by atoms with Gasteiger partial charge in [-0.15, -0.1) is 12.4 Å². The molecule has 0 aromatic heterocycles. The summed E-state index contributed by atoms with van der Waals surface area (Å²) in [5.74, 6) is 0. The van der Waals surface area contributed by atoms with Gasteiger partial charge in [-0.2, -0.15) is 0 Å². The molecule has 0 saturated carbocycles. The zero-order valence-corrected chi connectivity index (χ0v) is 7.24. The van der Waals surface area contributed by atoms with Crippen molar-refractivity contribution >= 4 is 12.4 Å². The van der Waals surface area contributed by atoms with E-state index >= 15 is 0 Å². The highest BCUT2D eigenvalue weighted by Gasteiger charge is 2.35. The van der Waals surface area contributed by atoms with Gasteiger partial charge in [0.25, 0.3) is 0 Å². The summed E-state index contributed by atoms with van der Waals surface area (Å²) >= 11 is 0. The number of halogens is 1. The van der Waals surface area contributed by atoms with Gasteiger partial charge in [-0.1, -0.05) is 0 Å². The van der Waals surface area contributed by atoms with Crippen LogP contribution in [0.3, 0.4) is 0 Å². The number of hydrogen-bond acceptors (Lipinski definition) is 5. The van der Waals surface area contributed by atoms with Gasteiger partial charge in [0.15, 0.2) is 0 Å². The first kappa shape index (κ1) is 12.1. The van der Waals surface area contributed by atoms with Crippen LogP contribution in [0.25, 0.3) is 0 Å². The zero-order chi connectivity index (χ0) is 8.43. The molecule has 1 heterocycles. The summed E-state index contributed by atoms with van der Waals surface area (Å²) in [6.07, 6.45) is -3.20. The number of β-amino-alcohol motifs (C(OH)–C–C–N with tert-alkyl or cyclic N) is 1. The standard InChI is InChI=1S/C6H13NO4.ClH/c8-2-3-5(10)6(11)4(9)1-7-3;/h3-11H,1-2H2;1H/t3-,4-,5-,6+;/m0./s1. The summed E-state index contributed by atoms with van der Waals surface area (Å²) < 4.78 is 0. The van der Waals surface area contributed by atoms with E-state index < -0.39 is 24.4 Å². The summed E-state index contributed by atoms with van der Waals surface area (Å²) in [6, 6.07) is -0.534. The molecule has 0 aromatic carbocycles. The van der Waals surface area contributed by atoms with Crippen molar-refractivity contribution in [1.82, 2.24) is 5.32 Å². The van der Waals surface area contributed by atoms with Crippen LogP contribution in [0.1, 0.15) is 0 Å². The van der Waals surface area contributed by atoms with E-state index in [1.807, 2.05) is 0 Å². The molecule has 0 aromatic rings. The molecule has 1 aliphatic heterocycles. The lowest BCUT2D eigenvalue weighted by Gasteiger charge is -2.34. The van der Waals surface area contributed by atoms with Crippen molar-refractivity contribution in [1.29, 1.82) is 0 Å². The molecule has 0 aliphatic carbocycles. The van der Waals surface area contributed by atoms with Crippen molar-refractivity contribution in [3.8, 4) is 0 Å². The van der Waals surface area contributed by atoms with Crippen molar-refractivity contribution in [3.63, 3.8) is 0 Å². The van der Waals surface area contributed by atoms with Crippen LogP contribution in [0, 0.1) is 0 Å². The van der Waals surface area contributed by atoms with Crippen molar-refractivity contribution < 1.29 is 20.4 Å². The van der Waals surface area contributed by atoms with E-state index in [0.29, 0.717) is 0 Å². The number of hydrogen-bond donors (Lipinski definition) is 5. The molecule has 1 fully saturated rings. The SMILES string of the molecule is Cl.OC[C@@H]1NC[C@H](O)[C@@H](O)[C@H]1O. The fourth-order valence-electron chi connectivity index (χ4n) is 1.15. The monoisotopic (exact) mass is 199 g/mol. The Morgan fingerprint density at radius 3 is 2.25 bits per heavy atom. The highest BCUT2D eigenvalue weighted by Crippen LogP contribution is 2.09. The molecule has 0 spiro atoms. The maximum Gasteiger partial charge on any atom is 0.109 e. The predicted molar refractivity (Wildman–Crippen MR) is 44.1 cm³/mol. The molecule has 0 amide bonds. The summed E-state index contributed by atoms with van der Waals surface area (Å²) in [5.41, 5.74) is 0. The van der Waals surface area contributed by atoms with Gasteiger partial charge in [-0.05, 0) is 0 Å². The van der Waals surface area contributed by atoms with Gasteiger partial charge in [0, 0.05) is 6.54 Å². The first-order valence-electron chi connectivity index (χ1n) is 3.55. The van der Waals surface area contributed by atoms with Gasteiger partial charge in [0.05, 0.1) is 24.9 Å². The first-order valence-corrected chi connectivity index (χ1v) is 3.55. The lowest BCUT2D eigenvalue weighted by molar-refractivity contribution is -0.101. The molecule has 12 heavy (non-hydrogen) atoms. The second-order valence-corrected chi connectivity index (χ2v) is 2.75. The van der Waals surface area contributed by atoms with Crippen molar-refractivity contribution in [2.24, 2.45) is 0 Å². The lowest BCUT2D eigenvalue weighted by Crippen LogP contribution is -2.60. The third-order valence-electron chi connectivity index (χ3n) is 1.94. The lowest BCUT2D eigenvalue weighted by atomic mass is 9.97. The number of aliphatic hydroxyl groups is 4. The van der Waals surface area contributed by atoms with E-state index in [1.54, 1.807) is 0 Å². The summed E-state index contributed by atoms with van der Waals surface area (Å²) in [5, 5.41) is 38.6. The van der Waals surface area contributed by atoms with Crippen LogP contribution in [0.4, 0.5) is 0 Å². The largest absolute Gasteiger partial charge is 0.395 e. The van der Waals surface area contributed by atoms with Gasteiger partial charge in [0.2, 0.25) is 0 Å². The fourth-order valence-corrected chi connectivity index (χ4v) is 1.15. The smallest absolute Gasteiger partial charge is 0.109 e. The Labute approximate surface area is 76.4 Å². The minimum Gasteiger partial charge on any atom is -0.395 e. The summed E-state index contributed by atoms with van der Waals surface area (Å²) in [7, 11) is 0. The van der Waals surface area contributed by atoms with Crippen molar-refractivity contribution in [2.75, 3.05) is 13.2 Å². The Morgan fingerprint density at radius 2 is 1.75 bits per heavy atom. The fraction of sp³-hybridized carbons (Fsp3) is 1.00. The van der Waals surface area contributed by atoms with E-state index in [9.17, 15) is 5.11 Å². The van der Waals surface area contributed by atoms with Gasteiger partial charge in [0.1, 0.15) is 6.10 Å². The molecule has 74 valence electrons. The Kier molecular flexibility index (Phi) is 5.00. The molecular formula is C6H14ClNO4. The minimum absolute atomic E-state index is 0. The van der Waals surface area contributed by atoms with Gasteiger partial charge < -0.3 is 25.7 Å². The molecule has 6 heteroatoms. The Hall–Kier alpha value is 0.0900. The van der Waals surface area contributed by atoms with Gasteiger partial charge in [-0.25, -0.2) is 0 Å². The molecular weight excluding hydrogens is 186 g/mol. The van der Waals surface area contributed by atoms with Crippen LogP contribution >= 0.6 is 12.4 Å². The van der Waals surface area contributed by atoms with Gasteiger partial charge in [-0.3, -0.25) is 0 Å². The number of piperidine rings is 1. The number of nitrogens with one attached hydrogen (secondary N) is 1. The third-order valence-corrected chi connectivity index (χ3v) is 1.94. The molecule has 0 radical (unpaired) electrons. The second kappa shape index (κ2) is 4.96. The normalized spacial score (nSPS) is 42.0. The highest BCUT2D eigenvalue weighted by atomic mass is 35.5. The van der Waals surface area contributed by atoms with E-state index in [2.05, 4.69) is 5.32 Å². The maximum atomic E-state index is 9.18. The molecule has 1 aliphatic rings. The average Bonchev–Trinajstić information content (AvgIpc) is 2.01. The number of aliphatic hydroxyl groups excluding tert-OH is 4. The molecule has 0 bridgehead atoms. The topological polar surface area (TPSA) is 93.0 Å². The highest BCUT2D eigenvalue weighted by molar-refractivity contribution is 5.85. The summed E-state index contributed by atoms with van der Waals surface area (Å²) in [4.78, 5) is 0. The zero-order valence-electron chi connectivity index (χ0n) is 6.42. The van der Waals surface area contributed by atoms with Crippen molar-refractivity contribution in [3.05, 3.63) is 0 Å². The van der Waals surface area contributed by atoms with E-state index in [1.165, 1.54) is 0 Å². The van der Waals surface area contributed by atoms with Crippen LogP contribution in [0.5, 0.6) is 0 Å². The van der Waals surface area contributed by atoms with E-state index in [-0.39, 0.29) is 25.6 Å². The number of rotatable bonds is 1. The van der Waals surface area contributed by atoms with Crippen LogP contribution in [-0.2, 0) is 0 Å². The van der Waals surface area contributed by atoms with E-state index in [4.69, 9.17) is 15.3 Å². The predicted octanol–water partition coefficient (Wildman–Crippen LogP) is -2.54. The van der Waals surface area contributed by atoms with Crippen LogP contribution < -0.4 is 5.32 Å². The quantitative estimate of drug-likeness (QED) is 0.321. The van der Waals surface area contributed by atoms with Crippen LogP contribution in [-0.4, -0.2) is 57.9 Å². The minimum atomic E-state index is -1.16. The van der Waals surface area contributed by atoms with Crippen molar-refractivity contribution in [2.45, 2.75) is 24.4 Å². The second-order valence-electron chi connectivity index (χ2n) is 2.75. The Morgan fingerprint density at radius 1 is 1.17 bits per heavy atom. The Balaban J connectivity index is 0.00000121. The third kappa shape index (κ3) is 2.29. The summed E-state index contributed by atoms with van der Waals surface area (Å²) in [6.45, 7) is -0.0472.